The van der Waals surface area contributed by atoms with Gasteiger partial charge in [-0.15, -0.1) is 0 Å². The van der Waals surface area contributed by atoms with Crippen molar-refractivity contribution in [1.29, 1.82) is 0 Å². The summed E-state index contributed by atoms with van der Waals surface area (Å²) in [5.74, 6) is -2.18. The van der Waals surface area contributed by atoms with Crippen LogP contribution in [0.1, 0.15) is 20.7 Å². The van der Waals surface area contributed by atoms with E-state index in [0.29, 0.717) is 0 Å². The SMILES string of the molecule is COC(=O)c1ccc(F)c(NC(=O)c2c[nH]ccc2=O)c1. The van der Waals surface area contributed by atoms with Gasteiger partial charge in [-0.2, -0.15) is 0 Å². The normalized spacial score (nSPS) is 10.0. The van der Waals surface area contributed by atoms with Gasteiger partial charge in [0.25, 0.3) is 5.91 Å². The van der Waals surface area contributed by atoms with Gasteiger partial charge < -0.3 is 15.0 Å². The Hall–Kier alpha value is -2.96. The van der Waals surface area contributed by atoms with Crippen molar-refractivity contribution in [3.63, 3.8) is 0 Å². The van der Waals surface area contributed by atoms with E-state index in [1.165, 1.54) is 31.6 Å². The third kappa shape index (κ3) is 3.14. The molecule has 0 aliphatic carbocycles. The quantitative estimate of drug-likeness (QED) is 0.839. The molecule has 0 aliphatic heterocycles. The molecule has 2 rings (SSSR count). The van der Waals surface area contributed by atoms with E-state index in [2.05, 4.69) is 15.0 Å². The highest BCUT2D eigenvalue weighted by atomic mass is 19.1. The zero-order chi connectivity index (χ0) is 15.4. The third-order valence-electron chi connectivity index (χ3n) is 2.70. The minimum atomic E-state index is -0.780. The van der Waals surface area contributed by atoms with Gasteiger partial charge in [-0.3, -0.25) is 9.59 Å². The summed E-state index contributed by atoms with van der Waals surface area (Å²) in [6.07, 6.45) is 2.58. The van der Waals surface area contributed by atoms with Gasteiger partial charge in [0.05, 0.1) is 18.4 Å². The number of rotatable bonds is 3. The van der Waals surface area contributed by atoms with E-state index in [-0.39, 0.29) is 16.8 Å². The average Bonchev–Trinajstić information content (AvgIpc) is 2.49. The molecule has 0 aliphatic rings. The maximum atomic E-state index is 13.7. The molecule has 7 heteroatoms. The molecule has 1 heterocycles. The highest BCUT2D eigenvalue weighted by molar-refractivity contribution is 6.04. The fraction of sp³-hybridized carbons (Fsp3) is 0.0714. The zero-order valence-electron chi connectivity index (χ0n) is 11.0. The second-order valence-corrected chi connectivity index (χ2v) is 4.06. The van der Waals surface area contributed by atoms with Crippen LogP contribution in [0.5, 0.6) is 0 Å². The zero-order valence-corrected chi connectivity index (χ0v) is 11.0. The Balaban J connectivity index is 2.31. The number of anilines is 1. The van der Waals surface area contributed by atoms with Gasteiger partial charge in [-0.05, 0) is 18.2 Å². The largest absolute Gasteiger partial charge is 0.465 e. The lowest BCUT2D eigenvalue weighted by molar-refractivity contribution is 0.0600. The highest BCUT2D eigenvalue weighted by Gasteiger charge is 2.14. The van der Waals surface area contributed by atoms with Crippen molar-refractivity contribution >= 4 is 17.6 Å². The first kappa shape index (κ1) is 14.4. The van der Waals surface area contributed by atoms with Crippen molar-refractivity contribution in [2.24, 2.45) is 0 Å². The summed E-state index contributed by atoms with van der Waals surface area (Å²) < 4.78 is 18.2. The summed E-state index contributed by atoms with van der Waals surface area (Å²) in [4.78, 5) is 37.4. The Morgan fingerprint density at radius 3 is 2.71 bits per heavy atom. The van der Waals surface area contributed by atoms with Gasteiger partial charge in [0, 0.05) is 18.5 Å². The summed E-state index contributed by atoms with van der Waals surface area (Å²) in [7, 11) is 1.19. The van der Waals surface area contributed by atoms with Crippen molar-refractivity contribution in [3.8, 4) is 0 Å². The first-order valence-corrected chi connectivity index (χ1v) is 5.89. The van der Waals surface area contributed by atoms with Crippen LogP contribution in [-0.2, 0) is 4.74 Å². The van der Waals surface area contributed by atoms with Crippen LogP contribution in [0.15, 0.2) is 41.5 Å². The molecule has 1 aromatic carbocycles. The average molecular weight is 290 g/mol. The lowest BCUT2D eigenvalue weighted by Crippen LogP contribution is -2.21. The number of H-pyrrole nitrogens is 1. The van der Waals surface area contributed by atoms with Crippen LogP contribution >= 0.6 is 0 Å². The van der Waals surface area contributed by atoms with E-state index < -0.39 is 23.1 Å². The Bertz CT molecular complexity index is 755. The maximum absolute atomic E-state index is 13.7. The van der Waals surface area contributed by atoms with E-state index in [9.17, 15) is 18.8 Å². The molecule has 0 spiro atoms. The number of ether oxygens (including phenoxy) is 1. The van der Waals surface area contributed by atoms with Gasteiger partial charge in [0.15, 0.2) is 5.43 Å². The molecule has 0 atom stereocenters. The van der Waals surface area contributed by atoms with Crippen molar-refractivity contribution in [1.82, 2.24) is 4.98 Å². The number of carbonyl (C=O) groups is 2. The van der Waals surface area contributed by atoms with Gasteiger partial charge in [-0.25, -0.2) is 9.18 Å². The monoisotopic (exact) mass is 290 g/mol. The first-order valence-electron chi connectivity index (χ1n) is 5.89. The predicted molar refractivity (Wildman–Crippen MR) is 72.8 cm³/mol. The van der Waals surface area contributed by atoms with Gasteiger partial charge in [0.2, 0.25) is 0 Å². The molecule has 0 radical (unpaired) electrons. The lowest BCUT2D eigenvalue weighted by atomic mass is 10.2. The molecule has 0 fully saturated rings. The molecule has 2 N–H and O–H groups in total. The number of hydrogen-bond donors (Lipinski definition) is 2. The summed E-state index contributed by atoms with van der Waals surface area (Å²) in [5, 5.41) is 2.24. The molecule has 1 aromatic heterocycles. The number of amides is 1. The minimum Gasteiger partial charge on any atom is -0.465 e. The van der Waals surface area contributed by atoms with Gasteiger partial charge >= 0.3 is 5.97 Å². The topological polar surface area (TPSA) is 88.3 Å². The van der Waals surface area contributed by atoms with Crippen LogP contribution in [0.4, 0.5) is 10.1 Å². The molecule has 108 valence electrons. The molecule has 0 saturated carbocycles. The standard InChI is InChI=1S/C14H11FN2O4/c1-21-14(20)8-2-3-10(15)11(6-8)17-13(19)9-7-16-5-4-12(9)18/h2-7H,1H3,(H,16,18)(H,17,19). The second kappa shape index (κ2) is 6.00. The Kier molecular flexibility index (Phi) is 4.13. The summed E-state index contributed by atoms with van der Waals surface area (Å²) in [6, 6.07) is 4.57. The minimum absolute atomic E-state index is 0.0798. The smallest absolute Gasteiger partial charge is 0.337 e. The van der Waals surface area contributed by atoms with Gasteiger partial charge in [0.1, 0.15) is 11.4 Å². The number of aromatic amines is 1. The molecule has 21 heavy (non-hydrogen) atoms. The first-order chi connectivity index (χ1) is 10.0. The number of esters is 1. The van der Waals surface area contributed by atoms with E-state index in [1.54, 1.807) is 0 Å². The molecular formula is C14H11FN2O4. The van der Waals surface area contributed by atoms with Crippen LogP contribution in [0, 0.1) is 5.82 Å². The maximum Gasteiger partial charge on any atom is 0.337 e. The molecule has 0 saturated heterocycles. The Labute approximate surface area is 118 Å². The van der Waals surface area contributed by atoms with Crippen LogP contribution in [0.25, 0.3) is 0 Å². The number of nitrogens with one attached hydrogen (secondary N) is 2. The molecular weight excluding hydrogens is 279 g/mol. The van der Waals surface area contributed by atoms with Gasteiger partial charge in [-0.1, -0.05) is 0 Å². The predicted octanol–water partition coefficient (Wildman–Crippen LogP) is 1.55. The number of hydrogen-bond acceptors (Lipinski definition) is 4. The van der Waals surface area contributed by atoms with Crippen LogP contribution in [-0.4, -0.2) is 24.0 Å². The van der Waals surface area contributed by atoms with Crippen molar-refractivity contribution in [2.75, 3.05) is 12.4 Å². The molecule has 0 bridgehead atoms. The summed E-state index contributed by atoms with van der Waals surface area (Å²) >= 11 is 0. The van der Waals surface area contributed by atoms with E-state index in [1.807, 2.05) is 0 Å². The van der Waals surface area contributed by atoms with Crippen LogP contribution in [0.2, 0.25) is 0 Å². The van der Waals surface area contributed by atoms with E-state index in [0.717, 1.165) is 12.1 Å². The molecule has 6 nitrogen and oxygen atoms in total. The lowest BCUT2D eigenvalue weighted by Gasteiger charge is -2.07. The highest BCUT2D eigenvalue weighted by Crippen LogP contribution is 2.17. The molecule has 0 unspecified atom stereocenters. The molecule has 1 amide bonds. The Morgan fingerprint density at radius 2 is 2.05 bits per heavy atom. The number of benzene rings is 1. The Morgan fingerprint density at radius 1 is 1.29 bits per heavy atom. The number of halogens is 1. The van der Waals surface area contributed by atoms with Crippen molar-refractivity contribution < 1.29 is 18.7 Å². The second-order valence-electron chi connectivity index (χ2n) is 4.06. The number of aromatic nitrogens is 1. The molecule has 2 aromatic rings. The summed E-state index contributed by atoms with van der Waals surface area (Å²) in [5.41, 5.74) is -0.807. The van der Waals surface area contributed by atoms with E-state index in [4.69, 9.17) is 0 Å². The van der Waals surface area contributed by atoms with Crippen molar-refractivity contribution in [2.45, 2.75) is 0 Å². The van der Waals surface area contributed by atoms with Crippen LogP contribution < -0.4 is 10.7 Å². The fourth-order valence-electron chi connectivity index (χ4n) is 1.65. The third-order valence-corrected chi connectivity index (χ3v) is 2.70. The number of pyridine rings is 1. The number of methoxy groups -OCH3 is 1. The number of carbonyl (C=O) groups excluding carboxylic acids is 2. The summed E-state index contributed by atoms with van der Waals surface area (Å²) in [6.45, 7) is 0. The van der Waals surface area contributed by atoms with Crippen molar-refractivity contribution in [3.05, 3.63) is 63.8 Å². The van der Waals surface area contributed by atoms with Crippen LogP contribution in [0.3, 0.4) is 0 Å². The van der Waals surface area contributed by atoms with E-state index >= 15 is 0 Å². The fourth-order valence-corrected chi connectivity index (χ4v) is 1.65.